The van der Waals surface area contributed by atoms with Crippen molar-refractivity contribution < 1.29 is 19.5 Å². The molecule has 16 heavy (non-hydrogen) atoms. The third kappa shape index (κ3) is 3.63. The normalized spacial score (nSPS) is 11.7. The Morgan fingerprint density at radius 1 is 1.62 bits per heavy atom. The molecule has 1 aromatic rings. The molecule has 1 aromatic heterocycles. The van der Waals surface area contributed by atoms with Gasteiger partial charge in [-0.15, -0.1) is 0 Å². The number of carbonyl (C=O) groups is 1. The predicted octanol–water partition coefficient (Wildman–Crippen LogP) is 0.623. The van der Waals surface area contributed by atoms with Crippen molar-refractivity contribution >= 4 is 5.97 Å². The van der Waals surface area contributed by atoms with Crippen LogP contribution in [0.3, 0.4) is 0 Å². The van der Waals surface area contributed by atoms with Gasteiger partial charge in [0, 0.05) is 18.2 Å². The molecule has 0 aliphatic carbocycles. The van der Waals surface area contributed by atoms with E-state index in [0.29, 0.717) is 18.7 Å². The summed E-state index contributed by atoms with van der Waals surface area (Å²) in [4.78, 5) is 10.5. The fraction of sp³-hybridized carbons (Fsp3) is 0.600. The maximum absolute atomic E-state index is 10.5. The summed E-state index contributed by atoms with van der Waals surface area (Å²) < 4.78 is 4.84. The summed E-state index contributed by atoms with van der Waals surface area (Å²) in [6.07, 6.45) is 0.604. The van der Waals surface area contributed by atoms with Gasteiger partial charge in [0.05, 0.1) is 6.54 Å². The molecule has 0 aliphatic heterocycles. The van der Waals surface area contributed by atoms with Crippen molar-refractivity contribution in [1.29, 1.82) is 0 Å². The molecule has 0 aliphatic rings. The van der Waals surface area contributed by atoms with E-state index in [-0.39, 0.29) is 17.8 Å². The Morgan fingerprint density at radius 2 is 2.31 bits per heavy atom. The summed E-state index contributed by atoms with van der Waals surface area (Å²) in [5.74, 6) is -0.645. The fourth-order valence-electron chi connectivity index (χ4n) is 1.19. The fourth-order valence-corrected chi connectivity index (χ4v) is 1.19. The summed E-state index contributed by atoms with van der Waals surface area (Å²) in [5.41, 5.74) is -0.331. The van der Waals surface area contributed by atoms with E-state index < -0.39 is 5.97 Å². The quantitative estimate of drug-likeness (QED) is 0.660. The summed E-state index contributed by atoms with van der Waals surface area (Å²) >= 11 is 0. The second-order valence-electron chi connectivity index (χ2n) is 4.19. The molecule has 0 atom stereocenters. The summed E-state index contributed by atoms with van der Waals surface area (Å²) in [5, 5.41) is 24.0. The van der Waals surface area contributed by atoms with Crippen LogP contribution in [0.1, 0.15) is 36.5 Å². The highest BCUT2D eigenvalue weighted by molar-refractivity contribution is 5.85. The molecule has 0 unspecified atom stereocenters. The van der Waals surface area contributed by atoms with E-state index in [2.05, 4.69) is 10.5 Å². The van der Waals surface area contributed by atoms with E-state index in [9.17, 15) is 4.79 Å². The summed E-state index contributed by atoms with van der Waals surface area (Å²) in [6, 6.07) is 1.38. The predicted molar refractivity (Wildman–Crippen MR) is 56.1 cm³/mol. The van der Waals surface area contributed by atoms with E-state index in [1.165, 1.54) is 6.07 Å². The van der Waals surface area contributed by atoms with E-state index in [1.54, 1.807) is 0 Å². The molecule has 0 amide bonds. The lowest BCUT2D eigenvalue weighted by atomic mass is 10.0. The molecule has 1 rings (SSSR count). The summed E-state index contributed by atoms with van der Waals surface area (Å²) in [6.45, 7) is 4.36. The van der Waals surface area contributed by atoms with Gasteiger partial charge in [0.1, 0.15) is 0 Å². The Bertz CT molecular complexity index is 359. The first-order chi connectivity index (χ1) is 7.44. The first kappa shape index (κ1) is 12.7. The molecule has 0 spiro atoms. The van der Waals surface area contributed by atoms with Crippen molar-refractivity contribution in [3.63, 3.8) is 0 Å². The molecule has 90 valence electrons. The molecule has 6 nitrogen and oxygen atoms in total. The van der Waals surface area contributed by atoms with Crippen LogP contribution in [0.15, 0.2) is 10.6 Å². The highest BCUT2D eigenvalue weighted by Crippen LogP contribution is 2.10. The van der Waals surface area contributed by atoms with Crippen LogP contribution in [-0.4, -0.2) is 33.5 Å². The molecular formula is C10H16N2O4. The van der Waals surface area contributed by atoms with Crippen LogP contribution < -0.4 is 5.32 Å². The van der Waals surface area contributed by atoms with Gasteiger partial charge in [-0.3, -0.25) is 0 Å². The molecule has 0 radical (unpaired) electrons. The third-order valence-corrected chi connectivity index (χ3v) is 2.26. The Hall–Kier alpha value is -1.40. The number of rotatable bonds is 6. The number of nitrogens with one attached hydrogen (secondary N) is 1. The van der Waals surface area contributed by atoms with Crippen molar-refractivity contribution in [2.75, 3.05) is 6.61 Å². The number of carboxylic acids is 1. The van der Waals surface area contributed by atoms with Gasteiger partial charge < -0.3 is 20.1 Å². The van der Waals surface area contributed by atoms with Crippen LogP contribution in [0.4, 0.5) is 0 Å². The maximum Gasteiger partial charge on any atom is 0.358 e. The first-order valence-corrected chi connectivity index (χ1v) is 4.99. The lowest BCUT2D eigenvalue weighted by Gasteiger charge is -2.24. The van der Waals surface area contributed by atoms with Gasteiger partial charge in [-0.05, 0) is 20.3 Å². The van der Waals surface area contributed by atoms with Gasteiger partial charge in [-0.25, -0.2) is 4.79 Å². The van der Waals surface area contributed by atoms with E-state index in [0.717, 1.165) is 0 Å². The topological polar surface area (TPSA) is 95.6 Å². The molecule has 0 saturated carbocycles. The lowest BCUT2D eigenvalue weighted by Crippen LogP contribution is -2.39. The number of aliphatic hydroxyl groups excluding tert-OH is 1. The van der Waals surface area contributed by atoms with Gasteiger partial charge in [-0.1, -0.05) is 5.16 Å². The minimum absolute atomic E-state index is 0.0940. The molecule has 6 heteroatoms. The van der Waals surface area contributed by atoms with Crippen LogP contribution >= 0.6 is 0 Å². The molecule has 3 N–H and O–H groups in total. The second-order valence-corrected chi connectivity index (χ2v) is 4.19. The Balaban J connectivity index is 2.51. The average Bonchev–Trinajstić information content (AvgIpc) is 2.63. The number of hydrogen-bond acceptors (Lipinski definition) is 5. The average molecular weight is 228 g/mol. The van der Waals surface area contributed by atoms with Crippen LogP contribution in [0, 0.1) is 0 Å². The molecular weight excluding hydrogens is 212 g/mol. The zero-order valence-electron chi connectivity index (χ0n) is 9.36. The smallest absolute Gasteiger partial charge is 0.358 e. The Morgan fingerprint density at radius 3 is 2.81 bits per heavy atom. The van der Waals surface area contributed by atoms with Crippen LogP contribution in [-0.2, 0) is 6.54 Å². The van der Waals surface area contributed by atoms with Crippen molar-refractivity contribution in [2.45, 2.75) is 32.4 Å². The van der Waals surface area contributed by atoms with Gasteiger partial charge >= 0.3 is 5.97 Å². The molecule has 0 bridgehead atoms. The number of aromatic carboxylic acids is 1. The number of aromatic nitrogens is 1. The number of hydrogen-bond donors (Lipinski definition) is 3. The first-order valence-electron chi connectivity index (χ1n) is 4.99. The largest absolute Gasteiger partial charge is 0.476 e. The van der Waals surface area contributed by atoms with Crippen LogP contribution in [0.5, 0.6) is 0 Å². The van der Waals surface area contributed by atoms with Gasteiger partial charge in [-0.2, -0.15) is 0 Å². The van der Waals surface area contributed by atoms with Crippen molar-refractivity contribution in [3.8, 4) is 0 Å². The minimum Gasteiger partial charge on any atom is -0.476 e. The van der Waals surface area contributed by atoms with E-state index in [4.69, 9.17) is 14.7 Å². The zero-order valence-corrected chi connectivity index (χ0v) is 9.36. The van der Waals surface area contributed by atoms with E-state index in [1.807, 2.05) is 13.8 Å². The van der Waals surface area contributed by atoms with Crippen LogP contribution in [0.25, 0.3) is 0 Å². The SMILES string of the molecule is CC(C)(CCO)NCc1cc(C(=O)O)no1. The van der Waals surface area contributed by atoms with Crippen molar-refractivity contribution in [3.05, 3.63) is 17.5 Å². The Kier molecular flexibility index (Phi) is 4.03. The number of aliphatic hydroxyl groups is 1. The number of carboxylic acid groups (broad SMARTS) is 1. The zero-order chi connectivity index (χ0) is 12.2. The molecule has 0 saturated heterocycles. The van der Waals surface area contributed by atoms with Gasteiger partial charge in [0.2, 0.25) is 0 Å². The monoisotopic (exact) mass is 228 g/mol. The third-order valence-electron chi connectivity index (χ3n) is 2.26. The van der Waals surface area contributed by atoms with Gasteiger partial charge in [0.15, 0.2) is 11.5 Å². The number of nitrogens with zero attached hydrogens (tertiary/aromatic N) is 1. The summed E-state index contributed by atoms with van der Waals surface area (Å²) in [7, 11) is 0. The van der Waals surface area contributed by atoms with Crippen LogP contribution in [0.2, 0.25) is 0 Å². The molecule has 1 heterocycles. The minimum atomic E-state index is -1.11. The second kappa shape index (κ2) is 5.09. The van der Waals surface area contributed by atoms with E-state index >= 15 is 0 Å². The Labute approximate surface area is 93.3 Å². The lowest BCUT2D eigenvalue weighted by molar-refractivity contribution is 0.0685. The molecule has 0 fully saturated rings. The molecule has 0 aromatic carbocycles. The van der Waals surface area contributed by atoms with Crippen molar-refractivity contribution in [2.24, 2.45) is 0 Å². The highest BCUT2D eigenvalue weighted by atomic mass is 16.5. The highest BCUT2D eigenvalue weighted by Gasteiger charge is 2.17. The van der Waals surface area contributed by atoms with Crippen molar-refractivity contribution in [1.82, 2.24) is 10.5 Å². The maximum atomic E-state index is 10.5. The standard InChI is InChI=1S/C10H16N2O4/c1-10(2,3-4-13)11-6-7-5-8(9(14)15)12-16-7/h5,11,13H,3-4,6H2,1-2H3,(H,14,15). The van der Waals surface area contributed by atoms with Gasteiger partial charge in [0.25, 0.3) is 0 Å².